The molecule has 0 aromatic heterocycles. The highest BCUT2D eigenvalue weighted by Crippen LogP contribution is 2.24. The Morgan fingerprint density at radius 3 is 2.43 bits per heavy atom. The molecule has 1 aliphatic heterocycles. The van der Waals surface area contributed by atoms with Gasteiger partial charge in [0.05, 0.1) is 11.2 Å². The molecular formula is C11H23NO2. The van der Waals surface area contributed by atoms with Crippen LogP contribution in [-0.2, 0) is 0 Å². The molecule has 3 nitrogen and oxygen atoms in total. The third-order valence-corrected chi connectivity index (χ3v) is 3.32. The molecule has 0 saturated carbocycles. The largest absolute Gasteiger partial charge is 0.389 e. The second-order valence-electron chi connectivity index (χ2n) is 5.47. The van der Waals surface area contributed by atoms with Gasteiger partial charge in [0.1, 0.15) is 0 Å². The zero-order valence-electron chi connectivity index (χ0n) is 9.75. The van der Waals surface area contributed by atoms with E-state index in [0.717, 1.165) is 13.0 Å². The van der Waals surface area contributed by atoms with E-state index in [4.69, 9.17) is 0 Å². The van der Waals surface area contributed by atoms with Crippen LogP contribution >= 0.6 is 0 Å². The van der Waals surface area contributed by atoms with E-state index in [1.165, 1.54) is 0 Å². The standard InChI is InChI=1S/C11H23NO2/c1-9(2)11(4,14)8-12-6-5-10(3,13)7-12/h9,13-14H,5-8H2,1-4H3. The molecule has 0 aliphatic carbocycles. The Morgan fingerprint density at radius 1 is 1.50 bits per heavy atom. The van der Waals surface area contributed by atoms with E-state index >= 15 is 0 Å². The zero-order chi connectivity index (χ0) is 11.0. The SMILES string of the molecule is CC(C)C(C)(O)CN1CCC(C)(O)C1. The van der Waals surface area contributed by atoms with Gasteiger partial charge in [-0.3, -0.25) is 4.90 Å². The predicted octanol–water partition coefficient (Wildman–Crippen LogP) is 0.850. The van der Waals surface area contributed by atoms with Gasteiger partial charge >= 0.3 is 0 Å². The molecule has 1 heterocycles. The molecule has 84 valence electrons. The van der Waals surface area contributed by atoms with Gasteiger partial charge in [0, 0.05) is 19.6 Å². The summed E-state index contributed by atoms with van der Waals surface area (Å²) in [4.78, 5) is 2.14. The summed E-state index contributed by atoms with van der Waals surface area (Å²) in [7, 11) is 0. The minimum Gasteiger partial charge on any atom is -0.389 e. The van der Waals surface area contributed by atoms with E-state index in [2.05, 4.69) is 4.90 Å². The first-order valence-corrected chi connectivity index (χ1v) is 5.40. The van der Waals surface area contributed by atoms with Crippen LogP contribution in [0.15, 0.2) is 0 Å². The first kappa shape index (κ1) is 12.0. The van der Waals surface area contributed by atoms with E-state index in [1.807, 2.05) is 27.7 Å². The fourth-order valence-corrected chi connectivity index (χ4v) is 1.81. The molecule has 2 atom stereocenters. The van der Waals surface area contributed by atoms with Crippen LogP contribution in [0, 0.1) is 5.92 Å². The van der Waals surface area contributed by atoms with Gasteiger partial charge in [-0.1, -0.05) is 13.8 Å². The number of hydrogen-bond acceptors (Lipinski definition) is 3. The molecule has 1 aliphatic rings. The Kier molecular flexibility index (Phi) is 3.24. The summed E-state index contributed by atoms with van der Waals surface area (Å²) >= 11 is 0. The van der Waals surface area contributed by atoms with Crippen LogP contribution in [0.25, 0.3) is 0 Å². The fraction of sp³-hybridized carbons (Fsp3) is 1.00. The Bertz CT molecular complexity index is 199. The number of likely N-dealkylation sites (tertiary alicyclic amines) is 1. The van der Waals surface area contributed by atoms with Crippen molar-refractivity contribution in [1.29, 1.82) is 0 Å². The molecule has 1 saturated heterocycles. The molecule has 1 fully saturated rings. The van der Waals surface area contributed by atoms with E-state index in [9.17, 15) is 10.2 Å². The first-order chi connectivity index (χ1) is 6.23. The molecule has 14 heavy (non-hydrogen) atoms. The maximum atomic E-state index is 10.1. The van der Waals surface area contributed by atoms with Gasteiger partial charge in [-0.05, 0) is 26.2 Å². The maximum absolute atomic E-state index is 10.1. The molecule has 0 amide bonds. The van der Waals surface area contributed by atoms with Gasteiger partial charge in [-0.2, -0.15) is 0 Å². The average Bonchev–Trinajstić information content (AvgIpc) is 2.28. The van der Waals surface area contributed by atoms with Crippen molar-refractivity contribution in [2.45, 2.75) is 45.3 Å². The van der Waals surface area contributed by atoms with Crippen LogP contribution in [0.3, 0.4) is 0 Å². The van der Waals surface area contributed by atoms with Crippen molar-refractivity contribution in [1.82, 2.24) is 4.90 Å². The average molecular weight is 201 g/mol. The van der Waals surface area contributed by atoms with E-state index in [0.29, 0.717) is 13.1 Å². The highest BCUT2D eigenvalue weighted by atomic mass is 16.3. The number of hydrogen-bond donors (Lipinski definition) is 2. The van der Waals surface area contributed by atoms with Gasteiger partial charge in [-0.25, -0.2) is 0 Å². The van der Waals surface area contributed by atoms with Gasteiger partial charge in [-0.15, -0.1) is 0 Å². The molecule has 0 aromatic rings. The second-order valence-corrected chi connectivity index (χ2v) is 5.47. The summed E-state index contributed by atoms with van der Waals surface area (Å²) in [6.45, 7) is 9.98. The minimum absolute atomic E-state index is 0.244. The lowest BCUT2D eigenvalue weighted by Crippen LogP contribution is -2.44. The maximum Gasteiger partial charge on any atom is 0.0768 e. The first-order valence-electron chi connectivity index (χ1n) is 5.40. The molecule has 2 unspecified atom stereocenters. The van der Waals surface area contributed by atoms with Crippen LogP contribution < -0.4 is 0 Å². The van der Waals surface area contributed by atoms with Crippen molar-refractivity contribution in [3.05, 3.63) is 0 Å². The van der Waals surface area contributed by atoms with Crippen molar-refractivity contribution in [3.63, 3.8) is 0 Å². The number of aliphatic hydroxyl groups is 2. The molecule has 0 spiro atoms. The van der Waals surface area contributed by atoms with Crippen LogP contribution in [0.1, 0.15) is 34.1 Å². The van der Waals surface area contributed by atoms with Crippen molar-refractivity contribution < 1.29 is 10.2 Å². The van der Waals surface area contributed by atoms with Gasteiger partial charge in [0.2, 0.25) is 0 Å². The van der Waals surface area contributed by atoms with Crippen molar-refractivity contribution >= 4 is 0 Å². The van der Waals surface area contributed by atoms with Crippen LogP contribution in [0.4, 0.5) is 0 Å². The van der Waals surface area contributed by atoms with E-state index in [-0.39, 0.29) is 5.92 Å². The second kappa shape index (κ2) is 3.80. The zero-order valence-corrected chi connectivity index (χ0v) is 9.75. The van der Waals surface area contributed by atoms with E-state index < -0.39 is 11.2 Å². The quantitative estimate of drug-likeness (QED) is 0.711. The summed E-state index contributed by atoms with van der Waals surface area (Å²) < 4.78 is 0. The van der Waals surface area contributed by atoms with E-state index in [1.54, 1.807) is 0 Å². The third-order valence-electron chi connectivity index (χ3n) is 3.32. The molecule has 1 rings (SSSR count). The Morgan fingerprint density at radius 2 is 2.07 bits per heavy atom. The van der Waals surface area contributed by atoms with Gasteiger partial charge in [0.15, 0.2) is 0 Å². The number of nitrogens with zero attached hydrogens (tertiary/aromatic N) is 1. The number of β-amino-alcohol motifs (C(OH)–C–C–N with tert-alkyl or cyclic N) is 2. The molecule has 0 radical (unpaired) electrons. The molecular weight excluding hydrogens is 178 g/mol. The molecule has 0 aromatic carbocycles. The Labute approximate surface area is 86.7 Å². The van der Waals surface area contributed by atoms with Gasteiger partial charge < -0.3 is 10.2 Å². The van der Waals surface area contributed by atoms with Crippen LogP contribution in [0.2, 0.25) is 0 Å². The third kappa shape index (κ3) is 2.94. The topological polar surface area (TPSA) is 43.7 Å². The van der Waals surface area contributed by atoms with Crippen molar-refractivity contribution in [2.24, 2.45) is 5.92 Å². The Hall–Kier alpha value is -0.120. The lowest BCUT2D eigenvalue weighted by molar-refractivity contribution is -0.0203. The molecule has 0 bridgehead atoms. The monoisotopic (exact) mass is 201 g/mol. The summed E-state index contributed by atoms with van der Waals surface area (Å²) in [6, 6.07) is 0. The smallest absolute Gasteiger partial charge is 0.0768 e. The summed E-state index contributed by atoms with van der Waals surface area (Å²) in [5.74, 6) is 0.244. The highest BCUT2D eigenvalue weighted by molar-refractivity contribution is 4.90. The van der Waals surface area contributed by atoms with Crippen LogP contribution in [-0.4, -0.2) is 45.9 Å². The Balaban J connectivity index is 2.47. The van der Waals surface area contributed by atoms with Gasteiger partial charge in [0.25, 0.3) is 0 Å². The van der Waals surface area contributed by atoms with Crippen LogP contribution in [0.5, 0.6) is 0 Å². The summed E-state index contributed by atoms with van der Waals surface area (Å²) in [6.07, 6.45) is 0.807. The van der Waals surface area contributed by atoms with Crippen molar-refractivity contribution in [2.75, 3.05) is 19.6 Å². The van der Waals surface area contributed by atoms with Crippen molar-refractivity contribution in [3.8, 4) is 0 Å². The summed E-state index contributed by atoms with van der Waals surface area (Å²) in [5.41, 5.74) is -1.21. The lowest BCUT2D eigenvalue weighted by atomic mass is 9.92. The predicted molar refractivity (Wildman–Crippen MR) is 57.1 cm³/mol. The summed E-state index contributed by atoms with van der Waals surface area (Å²) in [5, 5.41) is 19.9. The normalized spacial score (nSPS) is 33.6. The number of rotatable bonds is 3. The molecule has 2 N–H and O–H groups in total. The lowest BCUT2D eigenvalue weighted by Gasteiger charge is -2.32. The minimum atomic E-state index is -0.652. The fourth-order valence-electron chi connectivity index (χ4n) is 1.81. The molecule has 3 heteroatoms. The highest BCUT2D eigenvalue weighted by Gasteiger charge is 2.35.